The number of nitrogens with zero attached hydrogens (tertiary/aromatic N) is 2. The van der Waals surface area contributed by atoms with Crippen molar-refractivity contribution < 1.29 is 9.13 Å². The summed E-state index contributed by atoms with van der Waals surface area (Å²) in [5, 5.41) is 7.41. The SMILES string of the molecule is CC1(C)Oc2ccc(Cl)cc2[C@H]2CC(c3ccc(F)cc3)=NN21. The van der Waals surface area contributed by atoms with Gasteiger partial charge in [0.2, 0.25) is 0 Å². The number of rotatable bonds is 1. The van der Waals surface area contributed by atoms with Crippen molar-refractivity contribution in [3.8, 4) is 5.75 Å². The van der Waals surface area contributed by atoms with Gasteiger partial charge in [0.05, 0.1) is 11.8 Å². The molecule has 0 saturated carbocycles. The molecule has 2 aromatic carbocycles. The maximum atomic E-state index is 13.1. The van der Waals surface area contributed by atoms with Crippen LogP contribution < -0.4 is 4.74 Å². The second kappa shape index (κ2) is 4.96. The Morgan fingerprint density at radius 2 is 1.96 bits per heavy atom. The van der Waals surface area contributed by atoms with Crippen LogP contribution in [0.3, 0.4) is 0 Å². The van der Waals surface area contributed by atoms with E-state index in [0.717, 1.165) is 29.0 Å². The quantitative estimate of drug-likeness (QED) is 0.753. The van der Waals surface area contributed by atoms with Crippen LogP contribution in [0, 0.1) is 5.82 Å². The van der Waals surface area contributed by atoms with Gasteiger partial charge in [0.25, 0.3) is 0 Å². The summed E-state index contributed by atoms with van der Waals surface area (Å²) in [6, 6.07) is 12.2. The van der Waals surface area contributed by atoms with Crippen LogP contribution in [0.4, 0.5) is 4.39 Å². The van der Waals surface area contributed by atoms with Gasteiger partial charge in [-0.3, -0.25) is 0 Å². The number of hydrogen-bond acceptors (Lipinski definition) is 3. The summed E-state index contributed by atoms with van der Waals surface area (Å²) in [7, 11) is 0. The molecule has 0 saturated heterocycles. The summed E-state index contributed by atoms with van der Waals surface area (Å²) >= 11 is 6.16. The van der Waals surface area contributed by atoms with Gasteiger partial charge in [-0.2, -0.15) is 5.10 Å². The smallest absolute Gasteiger partial charge is 0.192 e. The maximum Gasteiger partial charge on any atom is 0.192 e. The number of hydrogen-bond donors (Lipinski definition) is 0. The molecule has 0 unspecified atom stereocenters. The number of fused-ring (bicyclic) bond motifs is 3. The lowest BCUT2D eigenvalue weighted by atomic mass is 9.95. The van der Waals surface area contributed by atoms with Crippen molar-refractivity contribution in [2.45, 2.75) is 32.0 Å². The van der Waals surface area contributed by atoms with Crippen LogP contribution in [0.5, 0.6) is 5.75 Å². The van der Waals surface area contributed by atoms with Crippen molar-refractivity contribution in [1.29, 1.82) is 0 Å². The first-order valence-electron chi connectivity index (χ1n) is 7.55. The fourth-order valence-electron chi connectivity index (χ4n) is 3.25. The molecule has 118 valence electrons. The van der Waals surface area contributed by atoms with E-state index in [0.29, 0.717) is 5.02 Å². The topological polar surface area (TPSA) is 24.8 Å². The van der Waals surface area contributed by atoms with Gasteiger partial charge >= 0.3 is 0 Å². The lowest BCUT2D eigenvalue weighted by molar-refractivity contribution is -0.0911. The molecular weight excluding hydrogens is 315 g/mol. The van der Waals surface area contributed by atoms with Crippen molar-refractivity contribution in [2.75, 3.05) is 0 Å². The second-order valence-electron chi connectivity index (χ2n) is 6.35. The third-order valence-corrected chi connectivity index (χ3v) is 4.57. The average molecular weight is 331 g/mol. The molecular formula is C18H16ClFN2O. The van der Waals surface area contributed by atoms with Crippen molar-refractivity contribution in [1.82, 2.24) is 5.01 Å². The molecule has 2 aromatic rings. The van der Waals surface area contributed by atoms with Crippen LogP contribution in [0.15, 0.2) is 47.6 Å². The Labute approximate surface area is 139 Å². The van der Waals surface area contributed by atoms with Crippen LogP contribution in [0.1, 0.15) is 37.4 Å². The van der Waals surface area contributed by atoms with E-state index in [1.807, 2.05) is 37.1 Å². The van der Waals surface area contributed by atoms with Crippen molar-refractivity contribution >= 4 is 17.3 Å². The second-order valence-corrected chi connectivity index (χ2v) is 6.79. The minimum atomic E-state index is -0.548. The van der Waals surface area contributed by atoms with E-state index in [9.17, 15) is 4.39 Å². The standard InChI is InChI=1S/C18H16ClFN2O/c1-18(2)22-16(14-9-12(19)5-8-17(14)23-18)10-15(21-22)11-3-6-13(20)7-4-11/h3-9,16H,10H2,1-2H3/t16-/m1/s1. The number of hydrazone groups is 1. The first-order valence-corrected chi connectivity index (χ1v) is 7.93. The lowest BCUT2D eigenvalue weighted by Crippen LogP contribution is -2.48. The van der Waals surface area contributed by atoms with Gasteiger partial charge in [-0.25, -0.2) is 9.40 Å². The van der Waals surface area contributed by atoms with Gasteiger partial charge in [-0.15, -0.1) is 0 Å². The van der Waals surface area contributed by atoms with Crippen molar-refractivity contribution in [3.05, 3.63) is 64.4 Å². The van der Waals surface area contributed by atoms with Gasteiger partial charge in [0.15, 0.2) is 5.72 Å². The molecule has 23 heavy (non-hydrogen) atoms. The van der Waals surface area contributed by atoms with E-state index >= 15 is 0 Å². The Hall–Kier alpha value is -2.07. The van der Waals surface area contributed by atoms with Crippen LogP contribution in [0.2, 0.25) is 5.02 Å². The van der Waals surface area contributed by atoms with Gasteiger partial charge in [-0.05, 0) is 49.7 Å². The van der Waals surface area contributed by atoms with E-state index in [-0.39, 0.29) is 11.9 Å². The first kappa shape index (κ1) is 14.5. The third kappa shape index (κ3) is 2.38. The zero-order valence-electron chi connectivity index (χ0n) is 12.9. The summed E-state index contributed by atoms with van der Waals surface area (Å²) in [6.45, 7) is 3.99. The monoisotopic (exact) mass is 330 g/mol. The Balaban J connectivity index is 1.77. The fourth-order valence-corrected chi connectivity index (χ4v) is 3.43. The lowest BCUT2D eigenvalue weighted by Gasteiger charge is -2.43. The highest BCUT2D eigenvalue weighted by Crippen LogP contribution is 2.47. The van der Waals surface area contributed by atoms with Crippen LogP contribution in [-0.2, 0) is 0 Å². The van der Waals surface area contributed by atoms with Gasteiger partial charge < -0.3 is 4.74 Å². The number of halogens is 2. The van der Waals surface area contributed by atoms with Crippen LogP contribution in [-0.4, -0.2) is 16.4 Å². The predicted molar refractivity (Wildman–Crippen MR) is 88.3 cm³/mol. The summed E-state index contributed by atoms with van der Waals surface area (Å²) < 4.78 is 19.2. The summed E-state index contributed by atoms with van der Waals surface area (Å²) in [5.41, 5.74) is 2.35. The summed E-state index contributed by atoms with van der Waals surface area (Å²) in [6.07, 6.45) is 0.742. The van der Waals surface area contributed by atoms with E-state index in [2.05, 4.69) is 0 Å². The molecule has 0 amide bonds. The normalized spacial score (nSPS) is 21.3. The largest absolute Gasteiger partial charge is 0.467 e. The molecule has 4 rings (SSSR count). The highest BCUT2D eigenvalue weighted by molar-refractivity contribution is 6.30. The minimum absolute atomic E-state index is 0.0764. The fraction of sp³-hybridized carbons (Fsp3) is 0.278. The molecule has 1 atom stereocenters. The molecule has 0 fully saturated rings. The predicted octanol–water partition coefficient (Wildman–Crippen LogP) is 4.76. The summed E-state index contributed by atoms with van der Waals surface area (Å²) in [5.74, 6) is 0.599. The Kier molecular flexibility index (Phi) is 3.13. The average Bonchev–Trinajstić information content (AvgIpc) is 2.95. The number of benzene rings is 2. The highest BCUT2D eigenvalue weighted by atomic mass is 35.5. The van der Waals surface area contributed by atoms with E-state index in [1.165, 1.54) is 12.1 Å². The molecule has 0 aliphatic carbocycles. The van der Waals surface area contributed by atoms with Gasteiger partial charge in [-0.1, -0.05) is 23.7 Å². The van der Waals surface area contributed by atoms with E-state index in [4.69, 9.17) is 21.4 Å². The Bertz CT molecular complexity index is 801. The number of ether oxygens (including phenoxy) is 1. The molecule has 0 radical (unpaired) electrons. The zero-order chi connectivity index (χ0) is 16.2. The first-order chi connectivity index (χ1) is 10.9. The summed E-state index contributed by atoms with van der Waals surface area (Å²) in [4.78, 5) is 0. The third-order valence-electron chi connectivity index (χ3n) is 4.33. The highest BCUT2D eigenvalue weighted by Gasteiger charge is 2.44. The molecule has 3 nitrogen and oxygen atoms in total. The molecule has 0 N–H and O–H groups in total. The van der Waals surface area contributed by atoms with Crippen LogP contribution >= 0.6 is 11.6 Å². The van der Waals surface area contributed by atoms with Crippen molar-refractivity contribution in [3.63, 3.8) is 0 Å². The Morgan fingerprint density at radius 3 is 2.70 bits per heavy atom. The molecule has 2 aliphatic heterocycles. The molecule has 2 aliphatic rings. The van der Waals surface area contributed by atoms with E-state index in [1.54, 1.807) is 12.1 Å². The Morgan fingerprint density at radius 1 is 1.22 bits per heavy atom. The maximum absolute atomic E-state index is 13.1. The molecule has 2 heterocycles. The van der Waals surface area contributed by atoms with Crippen molar-refractivity contribution in [2.24, 2.45) is 5.10 Å². The minimum Gasteiger partial charge on any atom is -0.467 e. The molecule has 0 aromatic heterocycles. The van der Waals surface area contributed by atoms with Gasteiger partial charge in [0, 0.05) is 17.0 Å². The molecule has 0 spiro atoms. The zero-order valence-corrected chi connectivity index (χ0v) is 13.6. The molecule has 5 heteroatoms. The van der Waals surface area contributed by atoms with Gasteiger partial charge in [0.1, 0.15) is 11.6 Å². The van der Waals surface area contributed by atoms with E-state index < -0.39 is 5.72 Å². The molecule has 0 bridgehead atoms. The van der Waals surface area contributed by atoms with Crippen LogP contribution in [0.25, 0.3) is 0 Å².